The van der Waals surface area contributed by atoms with Crippen LogP contribution in [-0.4, -0.2) is 23.8 Å². The lowest BCUT2D eigenvalue weighted by Gasteiger charge is -2.11. The molecule has 1 aromatic carbocycles. The van der Waals surface area contributed by atoms with Gasteiger partial charge in [0.15, 0.2) is 0 Å². The van der Waals surface area contributed by atoms with E-state index in [1.165, 1.54) is 6.07 Å². The number of carbonyl (C=O) groups is 1. The van der Waals surface area contributed by atoms with Gasteiger partial charge in [-0.1, -0.05) is 11.6 Å². The summed E-state index contributed by atoms with van der Waals surface area (Å²) in [6.45, 7) is 2.32. The van der Waals surface area contributed by atoms with Gasteiger partial charge in [0.05, 0.1) is 16.3 Å². The van der Waals surface area contributed by atoms with Crippen molar-refractivity contribution in [3.05, 3.63) is 40.2 Å². The molecular weight excluding hydrogens is 259 g/mol. The number of allylic oxidation sites excluding steroid dienone is 1. The molecule has 18 heavy (non-hydrogen) atoms. The van der Waals surface area contributed by atoms with E-state index >= 15 is 0 Å². The first-order valence-corrected chi connectivity index (χ1v) is 5.55. The van der Waals surface area contributed by atoms with Crippen molar-refractivity contribution in [2.24, 2.45) is 0 Å². The third kappa shape index (κ3) is 3.30. The number of hydrogen-bond donors (Lipinski definition) is 3. The molecule has 0 saturated heterocycles. The first-order valence-electron chi connectivity index (χ1n) is 5.18. The molecule has 4 nitrogen and oxygen atoms in total. The van der Waals surface area contributed by atoms with Gasteiger partial charge in [0, 0.05) is 18.3 Å². The summed E-state index contributed by atoms with van der Waals surface area (Å²) in [5, 5.41) is 18.9. The summed E-state index contributed by atoms with van der Waals surface area (Å²) >= 11 is 5.83. The number of aromatic carboxylic acids is 1. The van der Waals surface area contributed by atoms with Crippen LogP contribution >= 0.6 is 11.6 Å². The van der Waals surface area contributed by atoms with Gasteiger partial charge in [-0.25, -0.2) is 9.18 Å². The standard InChI is InChI=1S/C12H12ClFN2O2/c1-2-16-11(10(13)6-15)7-3-8(12(17)18)5-9(14)4-7/h3-6,15-16H,2H2,1H3,(H,17,18)/b11-10+,15-6?. The summed E-state index contributed by atoms with van der Waals surface area (Å²) in [5.74, 6) is -1.90. The quantitative estimate of drug-likeness (QED) is 0.720. The van der Waals surface area contributed by atoms with E-state index in [0.717, 1.165) is 18.3 Å². The van der Waals surface area contributed by atoms with Crippen LogP contribution in [0.15, 0.2) is 23.2 Å². The van der Waals surface area contributed by atoms with E-state index in [9.17, 15) is 9.18 Å². The number of nitrogens with one attached hydrogen (secondary N) is 2. The Morgan fingerprint density at radius 3 is 2.61 bits per heavy atom. The average Bonchev–Trinajstić information content (AvgIpc) is 2.34. The second-order valence-electron chi connectivity index (χ2n) is 3.43. The summed E-state index contributed by atoms with van der Waals surface area (Å²) in [6.07, 6.45) is 0.908. The van der Waals surface area contributed by atoms with E-state index in [2.05, 4.69) is 5.32 Å². The third-order valence-electron chi connectivity index (χ3n) is 2.15. The fourth-order valence-electron chi connectivity index (χ4n) is 1.43. The van der Waals surface area contributed by atoms with Crippen LogP contribution in [0, 0.1) is 11.2 Å². The highest BCUT2D eigenvalue weighted by Crippen LogP contribution is 2.20. The SMILES string of the molecule is CCN/C(=C(/Cl)C=N)c1cc(F)cc(C(=O)O)c1. The minimum Gasteiger partial charge on any atom is -0.478 e. The lowest BCUT2D eigenvalue weighted by molar-refractivity contribution is 0.0696. The van der Waals surface area contributed by atoms with Crippen molar-refractivity contribution in [1.29, 1.82) is 5.41 Å². The van der Waals surface area contributed by atoms with Crippen molar-refractivity contribution >= 4 is 29.5 Å². The summed E-state index contributed by atoms with van der Waals surface area (Å²) in [4.78, 5) is 10.8. The Morgan fingerprint density at radius 1 is 1.50 bits per heavy atom. The molecule has 0 radical (unpaired) electrons. The zero-order valence-corrected chi connectivity index (χ0v) is 10.4. The Balaban J connectivity index is 3.37. The zero-order valence-electron chi connectivity index (χ0n) is 9.63. The molecule has 96 valence electrons. The van der Waals surface area contributed by atoms with E-state index in [0.29, 0.717) is 17.8 Å². The summed E-state index contributed by atoms with van der Waals surface area (Å²) in [6, 6.07) is 3.39. The maximum atomic E-state index is 13.3. The number of benzene rings is 1. The van der Waals surface area contributed by atoms with Gasteiger partial charge in [-0.2, -0.15) is 0 Å². The molecular formula is C12H12ClFN2O2. The van der Waals surface area contributed by atoms with Gasteiger partial charge in [0.1, 0.15) is 5.82 Å². The van der Waals surface area contributed by atoms with E-state index in [1.807, 2.05) is 6.92 Å². The predicted octanol–water partition coefficient (Wildman–Crippen LogP) is 2.69. The number of carboxylic acids is 1. The van der Waals surface area contributed by atoms with Crippen LogP contribution in [0.5, 0.6) is 0 Å². The number of hydrogen-bond acceptors (Lipinski definition) is 3. The topological polar surface area (TPSA) is 73.2 Å². The first-order chi connectivity index (χ1) is 8.49. The van der Waals surface area contributed by atoms with Crippen molar-refractivity contribution in [1.82, 2.24) is 5.32 Å². The predicted molar refractivity (Wildman–Crippen MR) is 68.6 cm³/mol. The van der Waals surface area contributed by atoms with Crippen LogP contribution < -0.4 is 5.32 Å². The Bertz CT molecular complexity index is 515. The Kier molecular flexibility index (Phi) is 4.85. The van der Waals surface area contributed by atoms with Crippen LogP contribution in [0.2, 0.25) is 0 Å². The van der Waals surface area contributed by atoms with Gasteiger partial charge in [-0.3, -0.25) is 0 Å². The minimum absolute atomic E-state index is 0.0822. The molecule has 3 N–H and O–H groups in total. The molecule has 0 amide bonds. The van der Waals surface area contributed by atoms with E-state index in [4.69, 9.17) is 22.1 Å². The molecule has 0 bridgehead atoms. The molecule has 0 aromatic heterocycles. The summed E-state index contributed by atoms with van der Waals surface area (Å²) in [7, 11) is 0. The van der Waals surface area contributed by atoms with E-state index in [1.54, 1.807) is 0 Å². The largest absolute Gasteiger partial charge is 0.478 e. The summed E-state index contributed by atoms with van der Waals surface area (Å²) in [5.41, 5.74) is 0.453. The van der Waals surface area contributed by atoms with Gasteiger partial charge < -0.3 is 15.8 Å². The number of rotatable bonds is 5. The zero-order chi connectivity index (χ0) is 13.7. The minimum atomic E-state index is -1.22. The van der Waals surface area contributed by atoms with Gasteiger partial charge in [0.2, 0.25) is 0 Å². The maximum absolute atomic E-state index is 13.3. The van der Waals surface area contributed by atoms with Gasteiger partial charge in [-0.05, 0) is 25.1 Å². The fourth-order valence-corrected chi connectivity index (χ4v) is 1.61. The Labute approximate surface area is 109 Å². The molecule has 0 saturated carbocycles. The molecule has 1 rings (SSSR count). The fraction of sp³-hybridized carbons (Fsp3) is 0.167. The van der Waals surface area contributed by atoms with E-state index in [-0.39, 0.29) is 10.6 Å². The Hall–Kier alpha value is -1.88. The summed E-state index contributed by atoms with van der Waals surface area (Å²) < 4.78 is 13.3. The monoisotopic (exact) mass is 270 g/mol. The molecule has 0 atom stereocenters. The highest BCUT2D eigenvalue weighted by molar-refractivity contribution is 6.42. The van der Waals surface area contributed by atoms with Crippen molar-refractivity contribution < 1.29 is 14.3 Å². The second-order valence-corrected chi connectivity index (χ2v) is 3.84. The molecule has 0 spiro atoms. The molecule has 0 aliphatic carbocycles. The van der Waals surface area contributed by atoms with Gasteiger partial charge >= 0.3 is 5.97 Å². The van der Waals surface area contributed by atoms with Crippen LogP contribution in [0.3, 0.4) is 0 Å². The average molecular weight is 271 g/mol. The van der Waals surface area contributed by atoms with Crippen LogP contribution in [0.25, 0.3) is 5.70 Å². The molecule has 1 aromatic rings. The molecule has 0 aliphatic rings. The first kappa shape index (κ1) is 14.2. The molecule has 0 aliphatic heterocycles. The highest BCUT2D eigenvalue weighted by atomic mass is 35.5. The second kappa shape index (κ2) is 6.16. The Morgan fingerprint density at radius 2 is 2.11 bits per heavy atom. The third-order valence-corrected chi connectivity index (χ3v) is 2.45. The molecule has 0 heterocycles. The molecule has 0 unspecified atom stereocenters. The van der Waals surface area contributed by atoms with Crippen LogP contribution in [0.1, 0.15) is 22.8 Å². The van der Waals surface area contributed by atoms with Crippen molar-refractivity contribution in [2.75, 3.05) is 6.54 Å². The molecule has 0 fully saturated rings. The molecule has 6 heteroatoms. The van der Waals surface area contributed by atoms with Crippen LogP contribution in [-0.2, 0) is 0 Å². The van der Waals surface area contributed by atoms with Gasteiger partial charge in [-0.15, -0.1) is 0 Å². The van der Waals surface area contributed by atoms with Crippen LogP contribution in [0.4, 0.5) is 4.39 Å². The normalized spacial score (nSPS) is 11.7. The van der Waals surface area contributed by atoms with Crippen molar-refractivity contribution in [3.8, 4) is 0 Å². The highest BCUT2D eigenvalue weighted by Gasteiger charge is 2.12. The van der Waals surface area contributed by atoms with Gasteiger partial charge in [0.25, 0.3) is 0 Å². The lowest BCUT2D eigenvalue weighted by Crippen LogP contribution is -2.13. The smallest absolute Gasteiger partial charge is 0.335 e. The van der Waals surface area contributed by atoms with Crippen molar-refractivity contribution in [2.45, 2.75) is 6.92 Å². The lowest BCUT2D eigenvalue weighted by atomic mass is 10.1. The van der Waals surface area contributed by atoms with Crippen molar-refractivity contribution in [3.63, 3.8) is 0 Å². The number of halogens is 2. The number of carboxylic acid groups (broad SMARTS) is 1. The van der Waals surface area contributed by atoms with E-state index < -0.39 is 11.8 Å². The maximum Gasteiger partial charge on any atom is 0.335 e.